The fourth-order valence-corrected chi connectivity index (χ4v) is 3.32. The lowest BCUT2D eigenvalue weighted by atomic mass is 10.0. The molecule has 0 aromatic heterocycles. The second-order valence-electron chi connectivity index (χ2n) is 5.96. The summed E-state index contributed by atoms with van der Waals surface area (Å²) in [5, 5.41) is 5.63. The topological polar surface area (TPSA) is 50.5 Å². The second kappa shape index (κ2) is 5.64. The summed E-state index contributed by atoms with van der Waals surface area (Å²) in [6, 6.07) is 16.3. The highest BCUT2D eigenvalue weighted by Crippen LogP contribution is 2.47. The molecule has 0 radical (unpaired) electrons. The van der Waals surface area contributed by atoms with Crippen molar-refractivity contribution in [3.63, 3.8) is 0 Å². The van der Waals surface area contributed by atoms with Crippen molar-refractivity contribution in [1.82, 2.24) is 0 Å². The number of nitrogens with zero attached hydrogens (tertiary/aromatic N) is 1. The van der Waals surface area contributed by atoms with E-state index in [9.17, 15) is 0 Å². The zero-order valence-corrected chi connectivity index (χ0v) is 14.0. The summed E-state index contributed by atoms with van der Waals surface area (Å²) in [5.41, 5.74) is 10.1. The molecule has 24 heavy (non-hydrogen) atoms. The largest absolute Gasteiger partial charge is 0.453 e. The van der Waals surface area contributed by atoms with Crippen molar-refractivity contribution in [2.24, 2.45) is 0 Å². The van der Waals surface area contributed by atoms with Crippen molar-refractivity contribution in [2.75, 3.05) is 29.0 Å². The van der Waals surface area contributed by atoms with Crippen LogP contribution in [0.3, 0.4) is 0 Å². The highest BCUT2D eigenvalue weighted by Gasteiger charge is 2.21. The fraction of sp³-hybridized carbons (Fsp3) is 0.200. The highest BCUT2D eigenvalue weighted by atomic mass is 16.5. The number of nitrogens with one attached hydrogen (secondary N) is 1. The van der Waals surface area contributed by atoms with Gasteiger partial charge in [-0.05, 0) is 26.0 Å². The molecule has 0 bridgehead atoms. The van der Waals surface area contributed by atoms with Gasteiger partial charge in [0, 0.05) is 47.4 Å². The molecule has 0 aliphatic carbocycles. The van der Waals surface area contributed by atoms with Gasteiger partial charge in [-0.3, -0.25) is 0 Å². The highest BCUT2D eigenvalue weighted by molar-refractivity contribution is 6.06. The van der Waals surface area contributed by atoms with Crippen LogP contribution >= 0.6 is 0 Å². The number of hydrogen-bond acceptors (Lipinski definition) is 4. The van der Waals surface area contributed by atoms with E-state index in [1.807, 2.05) is 24.3 Å². The van der Waals surface area contributed by atoms with E-state index in [4.69, 9.17) is 10.5 Å². The summed E-state index contributed by atoms with van der Waals surface area (Å²) < 4.78 is 6.18. The van der Waals surface area contributed by atoms with E-state index in [0.717, 1.165) is 58.1 Å². The van der Waals surface area contributed by atoms with E-state index >= 15 is 0 Å². The Morgan fingerprint density at radius 1 is 0.958 bits per heavy atom. The molecule has 0 fully saturated rings. The van der Waals surface area contributed by atoms with Crippen molar-refractivity contribution in [3.05, 3.63) is 48.5 Å². The molecule has 0 spiro atoms. The molecular formula is C20H21N3O. The number of nitrogen functional groups attached to an aromatic ring is 1. The zero-order valence-electron chi connectivity index (χ0n) is 14.0. The van der Waals surface area contributed by atoms with E-state index in [1.54, 1.807) is 0 Å². The molecule has 1 heterocycles. The summed E-state index contributed by atoms with van der Waals surface area (Å²) >= 11 is 0. The van der Waals surface area contributed by atoms with Crippen LogP contribution in [0.25, 0.3) is 10.8 Å². The predicted molar refractivity (Wildman–Crippen MR) is 102 cm³/mol. The molecule has 3 aromatic rings. The molecule has 0 unspecified atom stereocenters. The van der Waals surface area contributed by atoms with Crippen LogP contribution in [0.5, 0.6) is 11.5 Å². The average Bonchev–Trinajstić information content (AvgIpc) is 2.62. The third kappa shape index (κ3) is 2.22. The molecule has 0 saturated carbocycles. The summed E-state index contributed by atoms with van der Waals surface area (Å²) in [5.74, 6) is 1.61. The van der Waals surface area contributed by atoms with Crippen molar-refractivity contribution in [3.8, 4) is 11.5 Å². The number of rotatable bonds is 3. The van der Waals surface area contributed by atoms with E-state index in [1.165, 1.54) is 0 Å². The van der Waals surface area contributed by atoms with Crippen LogP contribution in [0.15, 0.2) is 48.5 Å². The number of benzene rings is 3. The first-order valence-corrected chi connectivity index (χ1v) is 8.36. The van der Waals surface area contributed by atoms with Crippen LogP contribution in [-0.2, 0) is 0 Å². The maximum absolute atomic E-state index is 6.21. The van der Waals surface area contributed by atoms with Gasteiger partial charge >= 0.3 is 0 Å². The lowest BCUT2D eigenvalue weighted by molar-refractivity contribution is 0.482. The summed E-state index contributed by atoms with van der Waals surface area (Å²) in [7, 11) is 0. The first-order valence-electron chi connectivity index (χ1n) is 8.36. The number of hydrogen-bond donors (Lipinski definition) is 2. The molecule has 0 amide bonds. The summed E-state index contributed by atoms with van der Waals surface area (Å²) in [4.78, 5) is 2.30. The number of nitrogens with two attached hydrogens (primary N) is 1. The fourth-order valence-electron chi connectivity index (χ4n) is 3.32. The Morgan fingerprint density at radius 2 is 1.71 bits per heavy atom. The number of fused-ring (bicyclic) bond motifs is 4. The van der Waals surface area contributed by atoms with Gasteiger partial charge in [0.2, 0.25) is 0 Å². The van der Waals surface area contributed by atoms with Gasteiger partial charge in [0.1, 0.15) is 0 Å². The minimum atomic E-state index is 0.731. The minimum Gasteiger partial charge on any atom is -0.453 e. The number of ether oxygens (including phenoxy) is 1. The number of anilines is 4. The molecule has 1 aliphatic rings. The quantitative estimate of drug-likeness (QED) is 0.515. The van der Waals surface area contributed by atoms with Gasteiger partial charge in [-0.25, -0.2) is 0 Å². The summed E-state index contributed by atoms with van der Waals surface area (Å²) in [6.45, 7) is 6.25. The van der Waals surface area contributed by atoms with Crippen molar-refractivity contribution >= 4 is 33.5 Å². The molecular weight excluding hydrogens is 298 g/mol. The van der Waals surface area contributed by atoms with Gasteiger partial charge in [0.05, 0.1) is 11.4 Å². The van der Waals surface area contributed by atoms with Gasteiger partial charge in [-0.1, -0.05) is 24.3 Å². The Hall–Kier alpha value is -2.88. The van der Waals surface area contributed by atoms with Gasteiger partial charge in [-0.15, -0.1) is 0 Å². The Balaban J connectivity index is 1.81. The van der Waals surface area contributed by atoms with Gasteiger partial charge in [0.25, 0.3) is 0 Å². The average molecular weight is 319 g/mol. The van der Waals surface area contributed by atoms with Gasteiger partial charge in [0.15, 0.2) is 11.5 Å². The van der Waals surface area contributed by atoms with Crippen LogP contribution < -0.4 is 20.7 Å². The SMILES string of the molecule is CCN(CC)c1ccc2c(c1)Oc1cc(N)c3ccccc3c1N2. The van der Waals surface area contributed by atoms with E-state index in [0.29, 0.717) is 0 Å². The molecule has 122 valence electrons. The minimum absolute atomic E-state index is 0.731. The molecule has 4 nitrogen and oxygen atoms in total. The van der Waals surface area contributed by atoms with Crippen LogP contribution in [0.4, 0.5) is 22.7 Å². The zero-order chi connectivity index (χ0) is 16.7. The molecule has 4 rings (SSSR count). The maximum atomic E-state index is 6.21. The van der Waals surface area contributed by atoms with E-state index in [-0.39, 0.29) is 0 Å². The van der Waals surface area contributed by atoms with Crippen molar-refractivity contribution in [1.29, 1.82) is 0 Å². The molecule has 3 aromatic carbocycles. The first-order chi connectivity index (χ1) is 11.7. The van der Waals surface area contributed by atoms with Crippen LogP contribution in [0.2, 0.25) is 0 Å². The second-order valence-corrected chi connectivity index (χ2v) is 5.96. The standard InChI is InChI=1S/C20H21N3O/c1-3-23(4-2)13-9-10-17-18(11-13)24-19-12-16(21)14-7-5-6-8-15(14)20(19)22-17/h5-12,22H,3-4,21H2,1-2H3. The molecule has 4 heteroatoms. The van der Waals surface area contributed by atoms with Crippen LogP contribution in [0, 0.1) is 0 Å². The lowest BCUT2D eigenvalue weighted by Crippen LogP contribution is -2.21. The first kappa shape index (κ1) is 14.7. The molecule has 0 atom stereocenters. The summed E-state index contributed by atoms with van der Waals surface area (Å²) in [6.07, 6.45) is 0. The smallest absolute Gasteiger partial charge is 0.153 e. The Labute approximate surface area is 141 Å². The lowest BCUT2D eigenvalue weighted by Gasteiger charge is -2.27. The third-order valence-electron chi connectivity index (χ3n) is 4.61. The van der Waals surface area contributed by atoms with E-state index < -0.39 is 0 Å². The maximum Gasteiger partial charge on any atom is 0.153 e. The van der Waals surface area contributed by atoms with Gasteiger partial charge in [-0.2, -0.15) is 0 Å². The van der Waals surface area contributed by atoms with Crippen LogP contribution in [-0.4, -0.2) is 13.1 Å². The Kier molecular flexibility index (Phi) is 3.45. The Morgan fingerprint density at radius 3 is 2.46 bits per heavy atom. The monoisotopic (exact) mass is 319 g/mol. The van der Waals surface area contributed by atoms with Crippen molar-refractivity contribution < 1.29 is 4.74 Å². The predicted octanol–water partition coefficient (Wildman–Crippen LogP) is 5.12. The molecule has 3 N–H and O–H groups in total. The molecule has 0 saturated heterocycles. The van der Waals surface area contributed by atoms with Crippen molar-refractivity contribution in [2.45, 2.75) is 13.8 Å². The molecule has 1 aliphatic heterocycles. The van der Waals surface area contributed by atoms with Gasteiger partial charge < -0.3 is 20.7 Å². The third-order valence-corrected chi connectivity index (χ3v) is 4.61. The van der Waals surface area contributed by atoms with E-state index in [2.05, 4.69) is 48.3 Å². The Bertz CT molecular complexity index is 916. The normalized spacial score (nSPS) is 12.1. The van der Waals surface area contributed by atoms with Crippen LogP contribution in [0.1, 0.15) is 13.8 Å².